The van der Waals surface area contributed by atoms with Crippen molar-refractivity contribution in [2.75, 3.05) is 67.9 Å². The minimum atomic E-state index is -1.67. The number of likely N-dealkylation sites (N-methyl/N-ethyl adjacent to an activating group) is 7. The monoisotopic (exact) mass is 1360 g/mol. The molecule has 1 fully saturated rings. The summed E-state index contributed by atoms with van der Waals surface area (Å²) in [6.45, 7) is 32.7. The zero-order valence-corrected chi connectivity index (χ0v) is 63.6. The highest BCUT2D eigenvalue weighted by Crippen LogP contribution is 2.27. The van der Waals surface area contributed by atoms with Gasteiger partial charge in [-0.25, -0.2) is 0 Å². The van der Waals surface area contributed by atoms with Crippen molar-refractivity contribution in [3.05, 3.63) is 12.2 Å². The average molecular weight is 1360 g/mol. The fourth-order valence-corrected chi connectivity index (χ4v) is 13.0. The van der Waals surface area contributed by atoms with E-state index in [9.17, 15) is 34.2 Å². The number of aliphatic hydroxyl groups is 2. The summed E-state index contributed by atoms with van der Waals surface area (Å²) in [5.41, 5.74) is -2.15. The molecule has 1 aliphatic rings. The van der Waals surface area contributed by atoms with Crippen molar-refractivity contribution in [3.63, 3.8) is 0 Å². The second-order valence-corrected chi connectivity index (χ2v) is 30.6. The van der Waals surface area contributed by atoms with Gasteiger partial charge in [-0.3, -0.25) is 52.7 Å². The van der Waals surface area contributed by atoms with Gasteiger partial charge in [-0.2, -0.15) is 11.8 Å². The number of thioether (sulfide) groups is 1. The molecule has 0 saturated carbocycles. The molecule has 1 heterocycles. The van der Waals surface area contributed by atoms with E-state index in [2.05, 4.69) is 21.3 Å². The highest BCUT2D eigenvalue weighted by molar-refractivity contribution is 7.99. The normalized spacial score (nSPS) is 26.4. The van der Waals surface area contributed by atoms with Crippen LogP contribution in [-0.2, 0) is 57.5 Å². The largest absolute Gasteiger partial charge is 0.390 e. The van der Waals surface area contributed by atoms with E-state index in [0.29, 0.717) is 12.2 Å². The minimum absolute atomic E-state index is 0.0253. The average Bonchev–Trinajstić information content (AvgIpc) is 0.820. The molecule has 546 valence electrons. The number of amides is 11. The molecule has 11 amide bonds. The van der Waals surface area contributed by atoms with Gasteiger partial charge in [0, 0.05) is 68.6 Å². The Morgan fingerprint density at radius 2 is 0.947 bits per heavy atom. The lowest BCUT2D eigenvalue weighted by Crippen LogP contribution is -2.64. The molecule has 26 heteroatoms. The summed E-state index contributed by atoms with van der Waals surface area (Å²) >= 11 is 1.34. The van der Waals surface area contributed by atoms with Crippen molar-refractivity contribution in [2.24, 2.45) is 35.5 Å². The molecule has 25 nitrogen and oxygen atoms in total. The van der Waals surface area contributed by atoms with Gasteiger partial charge in [-0.05, 0) is 128 Å². The van der Waals surface area contributed by atoms with E-state index in [1.165, 1.54) is 113 Å². The SMILES string of the molecule is C/C=C/C[C@@H](C)[C@@H](O)[C@H]1C(=O)N[C@@H](CC)C(=O)N(C)[C@H](CSCCC(C)(C)OC)C(=O)N(C)[C@@H](CC(C)(C)O)C(=O)N[C@@H](C(C)C)C(=O)N(C)[C@@H](CC(C)C)C(=O)N[C@@H](C)C(=O)N[C@H](C)C(=O)N(C)[C@@H](CC(C)C)C(=O)N(C)[C@@H](CC(C)C)C(=O)N(C)[C@@H](C(C)C)C(=O)N1C. The highest BCUT2D eigenvalue weighted by atomic mass is 32.2. The van der Waals surface area contributed by atoms with Gasteiger partial charge in [0.15, 0.2) is 0 Å². The van der Waals surface area contributed by atoms with Crippen LogP contribution >= 0.6 is 11.8 Å². The van der Waals surface area contributed by atoms with Crippen molar-refractivity contribution < 1.29 is 67.7 Å². The Morgan fingerprint density at radius 1 is 0.516 bits per heavy atom. The van der Waals surface area contributed by atoms with Crippen LogP contribution in [0.1, 0.15) is 176 Å². The lowest BCUT2D eigenvalue weighted by molar-refractivity contribution is -0.157. The van der Waals surface area contributed by atoms with Gasteiger partial charge in [0.05, 0.1) is 17.3 Å². The first-order chi connectivity index (χ1) is 43.7. The fraction of sp³-hybridized carbons (Fsp3) is 0.812. The number of hydrogen-bond acceptors (Lipinski definition) is 15. The van der Waals surface area contributed by atoms with Crippen LogP contribution in [0.3, 0.4) is 0 Å². The third kappa shape index (κ3) is 25.5. The molecule has 0 unspecified atom stereocenters. The number of allylic oxidation sites excluding steroid dienone is 2. The molecular formula is C69H125N11O14S. The van der Waals surface area contributed by atoms with Crippen LogP contribution in [0.25, 0.3) is 0 Å². The topological polar surface area (TPSA) is 308 Å². The summed E-state index contributed by atoms with van der Waals surface area (Å²) in [5, 5.41) is 34.7. The Labute approximate surface area is 573 Å². The molecule has 0 aromatic carbocycles. The van der Waals surface area contributed by atoms with Gasteiger partial charge >= 0.3 is 0 Å². The van der Waals surface area contributed by atoms with E-state index in [0.717, 1.165) is 9.80 Å². The predicted molar refractivity (Wildman–Crippen MR) is 372 cm³/mol. The standard InChI is InChI=1S/C69H125N11O14S/c1-28-30-31-44(13)56(81)55-60(85)72-47(29-2)62(87)78(24)52(38-95-33-32-69(18,19)94-27)65(90)77(23)51(37-68(16,17)93)59(84)73-53(42(9)10)66(91)74(20)48(34-39(3)4)58(83)70-45(14)57(82)71-46(15)61(86)75(21)49(35-40(5)6)63(88)76(22)50(36-41(7)8)64(89)79(25)54(43(11)12)67(92)80(55)26/h28,30,39-56,81,93H,29,31-38H2,1-27H3,(H,70,83)(H,71,82)(H,72,85)(H,73,84)/b30-28+/t44-,45+,46-,47+,48+,49+,50+,51+,52-,53+,54+,55+,56-/m1/s1. The zero-order valence-electron chi connectivity index (χ0n) is 62.7. The first-order valence-corrected chi connectivity index (χ1v) is 35.1. The molecule has 6 N–H and O–H groups in total. The maximum absolute atomic E-state index is 15.4. The lowest BCUT2D eigenvalue weighted by Gasteiger charge is -2.41. The van der Waals surface area contributed by atoms with Crippen molar-refractivity contribution in [3.8, 4) is 0 Å². The smallest absolute Gasteiger partial charge is 0.246 e. The van der Waals surface area contributed by atoms with Crippen LogP contribution in [-0.4, -0.2) is 261 Å². The van der Waals surface area contributed by atoms with E-state index in [1.54, 1.807) is 67.7 Å². The van der Waals surface area contributed by atoms with Crippen LogP contribution in [0, 0.1) is 35.5 Å². The van der Waals surface area contributed by atoms with Crippen molar-refractivity contribution in [2.45, 2.75) is 260 Å². The second kappa shape index (κ2) is 38.9. The second-order valence-electron chi connectivity index (χ2n) is 29.5. The molecule has 0 aromatic heterocycles. The van der Waals surface area contributed by atoms with Gasteiger partial charge in [0.2, 0.25) is 65.0 Å². The first-order valence-electron chi connectivity index (χ1n) is 33.9. The molecule has 0 radical (unpaired) electrons. The first kappa shape index (κ1) is 87.2. The van der Waals surface area contributed by atoms with E-state index in [4.69, 9.17) is 4.74 Å². The minimum Gasteiger partial charge on any atom is -0.390 e. The third-order valence-corrected chi connectivity index (χ3v) is 19.1. The fourth-order valence-electron chi connectivity index (χ4n) is 11.6. The number of carbonyl (C=O) groups is 11. The molecule has 1 rings (SSSR count). The van der Waals surface area contributed by atoms with E-state index >= 15 is 28.8 Å². The Kier molecular flexibility index (Phi) is 35.7. The summed E-state index contributed by atoms with van der Waals surface area (Å²) in [7, 11) is 11.4. The van der Waals surface area contributed by atoms with E-state index < -0.39 is 166 Å². The number of carbonyl (C=O) groups excluding carboxylic acids is 11. The van der Waals surface area contributed by atoms with E-state index in [-0.39, 0.29) is 62.0 Å². The Morgan fingerprint density at radius 3 is 1.41 bits per heavy atom. The summed E-state index contributed by atoms with van der Waals surface area (Å²) < 4.78 is 5.66. The molecule has 1 aliphatic heterocycles. The predicted octanol–water partition coefficient (Wildman–Crippen LogP) is 4.30. The highest BCUT2D eigenvalue weighted by Gasteiger charge is 2.47. The maximum Gasteiger partial charge on any atom is 0.246 e. The molecule has 0 aromatic rings. The summed E-state index contributed by atoms with van der Waals surface area (Å²) in [5.74, 6) is -9.97. The van der Waals surface area contributed by atoms with Crippen molar-refractivity contribution in [1.82, 2.24) is 55.6 Å². The number of ether oxygens (including phenoxy) is 1. The number of hydrogen-bond donors (Lipinski definition) is 6. The third-order valence-electron chi connectivity index (χ3n) is 18.1. The maximum atomic E-state index is 15.4. The zero-order chi connectivity index (χ0) is 73.8. The Bertz CT molecular complexity index is 2610. The summed E-state index contributed by atoms with van der Waals surface area (Å²) in [6, 6.07) is -14.5. The lowest BCUT2D eigenvalue weighted by atomic mass is 9.91. The van der Waals surface area contributed by atoms with Gasteiger partial charge in [0.1, 0.15) is 66.5 Å². The molecule has 1 saturated heterocycles. The number of aliphatic hydroxyl groups excluding tert-OH is 1. The number of rotatable bonds is 21. The Hall–Kier alpha value is -5.86. The molecular weight excluding hydrogens is 1240 g/mol. The van der Waals surface area contributed by atoms with Gasteiger partial charge in [-0.15, -0.1) is 0 Å². The van der Waals surface area contributed by atoms with Crippen LogP contribution in [0.4, 0.5) is 0 Å². The van der Waals surface area contributed by atoms with E-state index in [1.807, 2.05) is 55.4 Å². The van der Waals surface area contributed by atoms with Crippen LogP contribution in [0.5, 0.6) is 0 Å². The molecule has 0 spiro atoms. The quantitative estimate of drug-likeness (QED) is 0.0690. The number of nitrogens with one attached hydrogen (secondary N) is 4. The summed E-state index contributed by atoms with van der Waals surface area (Å²) in [6.07, 6.45) is 2.83. The van der Waals surface area contributed by atoms with Gasteiger partial charge in [0.25, 0.3) is 0 Å². The van der Waals surface area contributed by atoms with Gasteiger partial charge in [-0.1, -0.05) is 95.2 Å². The van der Waals surface area contributed by atoms with Crippen molar-refractivity contribution in [1.29, 1.82) is 0 Å². The molecule has 0 bridgehead atoms. The number of methoxy groups -OCH3 is 1. The summed E-state index contributed by atoms with van der Waals surface area (Å²) in [4.78, 5) is 173. The molecule has 13 atom stereocenters. The van der Waals surface area contributed by atoms with Crippen LogP contribution in [0.2, 0.25) is 0 Å². The van der Waals surface area contributed by atoms with Gasteiger partial charge < -0.3 is 70.5 Å². The molecule has 95 heavy (non-hydrogen) atoms. The Balaban J connectivity index is 4.60. The van der Waals surface area contributed by atoms with Crippen molar-refractivity contribution >= 4 is 76.7 Å². The van der Waals surface area contributed by atoms with Crippen LogP contribution < -0.4 is 21.3 Å². The molecule has 0 aliphatic carbocycles. The number of nitrogens with zero attached hydrogens (tertiary/aromatic N) is 7. The van der Waals surface area contributed by atoms with Crippen LogP contribution in [0.15, 0.2) is 12.2 Å².